The predicted molar refractivity (Wildman–Crippen MR) is 62.2 cm³/mol. The highest BCUT2D eigenvalue weighted by atomic mass is 35.5. The van der Waals surface area contributed by atoms with Gasteiger partial charge in [0.1, 0.15) is 0 Å². The molecule has 1 aliphatic rings. The molecule has 1 aromatic rings. The van der Waals surface area contributed by atoms with E-state index in [1.807, 2.05) is 6.20 Å². The Kier molecular flexibility index (Phi) is 3.61. The lowest BCUT2D eigenvalue weighted by Crippen LogP contribution is -2.36. The van der Waals surface area contributed by atoms with E-state index < -0.39 is 0 Å². The summed E-state index contributed by atoms with van der Waals surface area (Å²) in [5.41, 5.74) is 0. The molecule has 0 spiro atoms. The first-order valence-corrected chi connectivity index (χ1v) is 6.29. The van der Waals surface area contributed by atoms with Gasteiger partial charge in [-0.25, -0.2) is 4.98 Å². The van der Waals surface area contributed by atoms with Crippen LogP contribution in [0.5, 0.6) is 0 Å². The number of aromatic nitrogens is 1. The molecule has 3 nitrogen and oxygen atoms in total. The number of hydrogen-bond acceptors (Lipinski definition) is 4. The Bertz CT molecular complexity index is 325. The van der Waals surface area contributed by atoms with E-state index in [1.165, 1.54) is 16.2 Å². The van der Waals surface area contributed by atoms with Crippen molar-refractivity contribution in [2.45, 2.75) is 25.5 Å². The van der Waals surface area contributed by atoms with Crippen LogP contribution in [0, 0.1) is 5.92 Å². The quantitative estimate of drug-likeness (QED) is 0.883. The van der Waals surface area contributed by atoms with E-state index in [1.54, 1.807) is 0 Å². The second-order valence-electron chi connectivity index (χ2n) is 4.27. The highest BCUT2D eigenvalue weighted by Crippen LogP contribution is 2.28. The zero-order valence-corrected chi connectivity index (χ0v) is 10.3. The fourth-order valence-corrected chi connectivity index (χ4v) is 3.04. The lowest BCUT2D eigenvalue weighted by molar-refractivity contribution is 0.0275. The Labute approximate surface area is 98.7 Å². The highest BCUT2D eigenvalue weighted by molar-refractivity contribution is 7.15. The summed E-state index contributed by atoms with van der Waals surface area (Å²) in [5.74, 6) is 0.661. The molecule has 0 radical (unpaired) electrons. The molecule has 0 bridgehead atoms. The minimum atomic E-state index is -0.0544. The molecular weight excluding hydrogens is 232 g/mol. The maximum atomic E-state index is 9.18. The van der Waals surface area contributed by atoms with Crippen LogP contribution in [0.2, 0.25) is 4.47 Å². The van der Waals surface area contributed by atoms with Crippen molar-refractivity contribution in [1.82, 2.24) is 9.88 Å². The van der Waals surface area contributed by atoms with E-state index in [4.69, 9.17) is 11.6 Å². The third kappa shape index (κ3) is 3.14. The van der Waals surface area contributed by atoms with Crippen LogP contribution in [0.25, 0.3) is 0 Å². The van der Waals surface area contributed by atoms with Crippen LogP contribution in [-0.4, -0.2) is 34.7 Å². The largest absolute Gasteiger partial charge is 0.393 e. The fourth-order valence-electron chi connectivity index (χ4n) is 1.98. The summed E-state index contributed by atoms with van der Waals surface area (Å²) < 4.78 is 0.609. The van der Waals surface area contributed by atoms with Gasteiger partial charge in [0, 0.05) is 24.2 Å². The third-order valence-corrected chi connectivity index (χ3v) is 3.83. The Balaban J connectivity index is 1.75. The molecule has 0 atom stereocenters. The van der Waals surface area contributed by atoms with Gasteiger partial charge < -0.3 is 10.0 Å². The van der Waals surface area contributed by atoms with E-state index in [9.17, 15) is 5.11 Å². The molecule has 1 N–H and O–H groups in total. The fraction of sp³-hybridized carbons (Fsp3) is 0.700. The number of thiazole rings is 1. The molecule has 0 saturated heterocycles. The first-order chi connectivity index (χ1) is 7.13. The van der Waals surface area contributed by atoms with Gasteiger partial charge >= 0.3 is 0 Å². The molecule has 1 saturated carbocycles. The molecule has 5 heteroatoms. The molecule has 1 fully saturated rings. The number of halogens is 1. The van der Waals surface area contributed by atoms with E-state index in [0.717, 1.165) is 25.9 Å². The van der Waals surface area contributed by atoms with Crippen molar-refractivity contribution in [3.05, 3.63) is 15.5 Å². The van der Waals surface area contributed by atoms with Crippen molar-refractivity contribution in [2.24, 2.45) is 5.92 Å². The second-order valence-corrected chi connectivity index (χ2v) is 5.96. The maximum Gasteiger partial charge on any atom is 0.183 e. The van der Waals surface area contributed by atoms with Crippen LogP contribution in [-0.2, 0) is 6.54 Å². The summed E-state index contributed by atoms with van der Waals surface area (Å²) >= 11 is 7.30. The summed E-state index contributed by atoms with van der Waals surface area (Å²) in [7, 11) is 2.10. The van der Waals surface area contributed by atoms with Gasteiger partial charge in [0.2, 0.25) is 0 Å². The molecule has 0 aliphatic heterocycles. The van der Waals surface area contributed by atoms with Crippen molar-refractivity contribution in [2.75, 3.05) is 13.6 Å². The number of nitrogens with zero attached hydrogens (tertiary/aromatic N) is 2. The van der Waals surface area contributed by atoms with E-state index in [0.29, 0.717) is 10.4 Å². The Morgan fingerprint density at radius 3 is 2.93 bits per heavy atom. The average Bonchev–Trinajstić information content (AvgIpc) is 2.48. The second kappa shape index (κ2) is 4.78. The van der Waals surface area contributed by atoms with Gasteiger partial charge in [-0.2, -0.15) is 0 Å². The zero-order chi connectivity index (χ0) is 10.8. The average molecular weight is 247 g/mol. The van der Waals surface area contributed by atoms with E-state index in [-0.39, 0.29) is 6.10 Å². The van der Waals surface area contributed by atoms with Gasteiger partial charge in [-0.1, -0.05) is 11.6 Å². The molecule has 1 heterocycles. The lowest BCUT2D eigenvalue weighted by atomic mass is 9.82. The number of aliphatic hydroxyl groups is 1. The topological polar surface area (TPSA) is 36.4 Å². The van der Waals surface area contributed by atoms with Crippen molar-refractivity contribution >= 4 is 22.9 Å². The minimum Gasteiger partial charge on any atom is -0.393 e. The van der Waals surface area contributed by atoms with E-state index >= 15 is 0 Å². The van der Waals surface area contributed by atoms with Gasteiger partial charge in [-0.05, 0) is 25.8 Å². The van der Waals surface area contributed by atoms with Crippen molar-refractivity contribution in [3.8, 4) is 0 Å². The summed E-state index contributed by atoms with van der Waals surface area (Å²) in [6.07, 6.45) is 3.68. The molecule has 0 unspecified atom stereocenters. The van der Waals surface area contributed by atoms with Gasteiger partial charge in [0.05, 0.1) is 6.10 Å². The first-order valence-electron chi connectivity index (χ1n) is 5.10. The van der Waals surface area contributed by atoms with Gasteiger partial charge in [0.15, 0.2) is 4.47 Å². The number of aliphatic hydroxyl groups excluding tert-OH is 1. The maximum absolute atomic E-state index is 9.18. The standard InChI is InChI=1S/C10H15ClN2OS/c1-13(5-7-2-8(14)3-7)6-9-4-12-10(11)15-9/h4,7-8,14H,2-3,5-6H2,1H3. The van der Waals surface area contributed by atoms with E-state index in [2.05, 4.69) is 16.9 Å². The predicted octanol–water partition coefficient (Wildman–Crippen LogP) is 2.00. The molecule has 0 aromatic carbocycles. The number of hydrogen-bond donors (Lipinski definition) is 1. The SMILES string of the molecule is CN(Cc1cnc(Cl)s1)CC1CC(O)C1. The summed E-state index contributed by atoms with van der Waals surface area (Å²) in [5, 5.41) is 9.18. The van der Waals surface area contributed by atoms with Crippen LogP contribution in [0.1, 0.15) is 17.7 Å². The zero-order valence-electron chi connectivity index (χ0n) is 8.69. The third-order valence-electron chi connectivity index (χ3n) is 2.73. The van der Waals surface area contributed by atoms with Crippen molar-refractivity contribution in [3.63, 3.8) is 0 Å². The van der Waals surface area contributed by atoms with Gasteiger partial charge in [-0.3, -0.25) is 0 Å². The van der Waals surface area contributed by atoms with Crippen LogP contribution in [0.15, 0.2) is 6.20 Å². The molecule has 15 heavy (non-hydrogen) atoms. The van der Waals surface area contributed by atoms with Crippen molar-refractivity contribution < 1.29 is 5.11 Å². The Morgan fingerprint density at radius 2 is 2.40 bits per heavy atom. The van der Waals surface area contributed by atoms with Crippen LogP contribution in [0.3, 0.4) is 0 Å². The smallest absolute Gasteiger partial charge is 0.183 e. The Morgan fingerprint density at radius 1 is 1.67 bits per heavy atom. The molecule has 1 aromatic heterocycles. The number of rotatable bonds is 4. The lowest BCUT2D eigenvalue weighted by Gasteiger charge is -2.34. The molecule has 0 amide bonds. The van der Waals surface area contributed by atoms with Crippen LogP contribution < -0.4 is 0 Å². The van der Waals surface area contributed by atoms with Gasteiger partial charge in [-0.15, -0.1) is 11.3 Å². The van der Waals surface area contributed by atoms with Crippen LogP contribution in [0.4, 0.5) is 0 Å². The first kappa shape index (κ1) is 11.3. The molecule has 2 rings (SSSR count). The summed E-state index contributed by atoms with van der Waals surface area (Å²) in [6, 6.07) is 0. The minimum absolute atomic E-state index is 0.0544. The molecule has 1 aliphatic carbocycles. The molecule has 84 valence electrons. The van der Waals surface area contributed by atoms with Crippen LogP contribution >= 0.6 is 22.9 Å². The monoisotopic (exact) mass is 246 g/mol. The molecular formula is C10H15ClN2OS. The normalized spacial score (nSPS) is 25.6. The Hall–Kier alpha value is -0.160. The highest BCUT2D eigenvalue weighted by Gasteiger charge is 2.27. The summed E-state index contributed by atoms with van der Waals surface area (Å²) in [6.45, 7) is 1.95. The van der Waals surface area contributed by atoms with Gasteiger partial charge in [0.25, 0.3) is 0 Å². The summed E-state index contributed by atoms with van der Waals surface area (Å²) in [4.78, 5) is 7.47. The van der Waals surface area contributed by atoms with Crippen molar-refractivity contribution in [1.29, 1.82) is 0 Å².